The molecule has 0 aliphatic carbocycles. The molecule has 0 aromatic heterocycles. The maximum Gasteiger partial charge on any atom is 0.0456 e. The summed E-state index contributed by atoms with van der Waals surface area (Å²) in [5, 5.41) is 4.55. The van der Waals surface area contributed by atoms with Gasteiger partial charge in [-0.2, -0.15) is 0 Å². The molecular formula is C17H28ClN. The first-order chi connectivity index (χ1) is 9.08. The Morgan fingerprint density at radius 2 is 1.95 bits per heavy atom. The molecule has 0 fully saturated rings. The summed E-state index contributed by atoms with van der Waals surface area (Å²) in [5.74, 6) is 0.733. The van der Waals surface area contributed by atoms with Crippen molar-refractivity contribution in [2.24, 2.45) is 5.92 Å². The van der Waals surface area contributed by atoms with Gasteiger partial charge < -0.3 is 5.32 Å². The minimum absolute atomic E-state index is 0.384. The maximum absolute atomic E-state index is 6.42. The second-order valence-corrected chi connectivity index (χ2v) is 6.07. The van der Waals surface area contributed by atoms with E-state index in [0.29, 0.717) is 6.04 Å². The lowest BCUT2D eigenvalue weighted by molar-refractivity contribution is 0.390. The molecule has 2 heteroatoms. The van der Waals surface area contributed by atoms with Gasteiger partial charge in [-0.3, -0.25) is 0 Å². The van der Waals surface area contributed by atoms with Gasteiger partial charge in [0, 0.05) is 11.1 Å². The Morgan fingerprint density at radius 3 is 2.53 bits per heavy atom. The van der Waals surface area contributed by atoms with Crippen molar-refractivity contribution in [3.8, 4) is 0 Å². The van der Waals surface area contributed by atoms with E-state index in [9.17, 15) is 0 Å². The second-order valence-electron chi connectivity index (χ2n) is 5.66. The number of halogens is 1. The average molecular weight is 282 g/mol. The topological polar surface area (TPSA) is 12.0 Å². The molecule has 1 nitrogen and oxygen atoms in total. The van der Waals surface area contributed by atoms with Gasteiger partial charge in [0.15, 0.2) is 0 Å². The Balaban J connectivity index is 2.82. The first-order valence-electron chi connectivity index (χ1n) is 7.57. The first kappa shape index (κ1) is 16.5. The van der Waals surface area contributed by atoms with E-state index in [-0.39, 0.29) is 0 Å². The summed E-state index contributed by atoms with van der Waals surface area (Å²) in [6, 6.07) is 6.80. The summed E-state index contributed by atoms with van der Waals surface area (Å²) < 4.78 is 0. The monoisotopic (exact) mass is 281 g/mol. The Morgan fingerprint density at radius 1 is 1.21 bits per heavy atom. The molecule has 108 valence electrons. The number of nitrogens with one attached hydrogen (secondary N) is 1. The van der Waals surface area contributed by atoms with Gasteiger partial charge in [-0.05, 0) is 49.4 Å². The van der Waals surface area contributed by atoms with Gasteiger partial charge >= 0.3 is 0 Å². The number of aryl methyl sites for hydroxylation is 1. The van der Waals surface area contributed by atoms with Gasteiger partial charge in [-0.15, -0.1) is 0 Å². The second kappa shape index (κ2) is 8.60. The van der Waals surface area contributed by atoms with E-state index in [4.69, 9.17) is 11.6 Å². The Kier molecular flexibility index (Phi) is 7.48. The van der Waals surface area contributed by atoms with Crippen LogP contribution in [0.5, 0.6) is 0 Å². The summed E-state index contributed by atoms with van der Waals surface area (Å²) in [6.45, 7) is 9.93. The molecule has 0 amide bonds. The standard InChI is InChI=1S/C17H28ClN/c1-5-7-13(3)12-17(19-10-6-2)15-9-8-14(4)11-16(15)18/h8-9,11,13,17,19H,5-7,10,12H2,1-4H3. The zero-order valence-corrected chi connectivity index (χ0v) is 13.6. The van der Waals surface area contributed by atoms with E-state index in [1.165, 1.54) is 24.0 Å². The molecule has 1 aromatic rings. The van der Waals surface area contributed by atoms with Crippen molar-refractivity contribution in [3.05, 3.63) is 34.3 Å². The average Bonchev–Trinajstić information content (AvgIpc) is 2.35. The van der Waals surface area contributed by atoms with Crippen LogP contribution in [-0.2, 0) is 0 Å². The van der Waals surface area contributed by atoms with Crippen LogP contribution in [0.1, 0.15) is 63.6 Å². The molecule has 19 heavy (non-hydrogen) atoms. The molecule has 2 atom stereocenters. The molecule has 0 aliphatic rings. The number of hydrogen-bond acceptors (Lipinski definition) is 1. The van der Waals surface area contributed by atoms with Crippen molar-refractivity contribution < 1.29 is 0 Å². The van der Waals surface area contributed by atoms with Crippen molar-refractivity contribution in [2.75, 3.05) is 6.54 Å². The van der Waals surface area contributed by atoms with Crippen LogP contribution in [0.3, 0.4) is 0 Å². The van der Waals surface area contributed by atoms with Crippen molar-refractivity contribution >= 4 is 11.6 Å². The number of benzene rings is 1. The fourth-order valence-corrected chi connectivity index (χ4v) is 2.93. The Labute approximate surface area is 123 Å². The highest BCUT2D eigenvalue weighted by molar-refractivity contribution is 6.31. The normalized spacial score (nSPS) is 14.4. The molecule has 0 heterocycles. The molecule has 1 aromatic carbocycles. The fourth-order valence-electron chi connectivity index (χ4n) is 2.57. The summed E-state index contributed by atoms with van der Waals surface area (Å²) in [5.41, 5.74) is 2.48. The van der Waals surface area contributed by atoms with Crippen LogP contribution in [-0.4, -0.2) is 6.54 Å². The lowest BCUT2D eigenvalue weighted by Gasteiger charge is -2.23. The molecule has 0 saturated heterocycles. The quantitative estimate of drug-likeness (QED) is 0.662. The summed E-state index contributed by atoms with van der Waals surface area (Å²) in [7, 11) is 0. The van der Waals surface area contributed by atoms with Crippen LogP contribution in [0.2, 0.25) is 5.02 Å². The number of hydrogen-bond donors (Lipinski definition) is 1. The van der Waals surface area contributed by atoms with Gasteiger partial charge in [0.05, 0.1) is 0 Å². The third kappa shape index (κ3) is 5.54. The van der Waals surface area contributed by atoms with Gasteiger partial charge in [0.2, 0.25) is 0 Å². The molecular weight excluding hydrogens is 254 g/mol. The van der Waals surface area contributed by atoms with Crippen LogP contribution in [0.25, 0.3) is 0 Å². The molecule has 0 aliphatic heterocycles. The van der Waals surface area contributed by atoms with E-state index in [1.54, 1.807) is 0 Å². The van der Waals surface area contributed by atoms with Gasteiger partial charge in [-0.1, -0.05) is 57.3 Å². The predicted octanol–water partition coefficient (Wildman–Crippen LogP) is 5.52. The first-order valence-corrected chi connectivity index (χ1v) is 7.95. The third-order valence-corrected chi connectivity index (χ3v) is 3.92. The highest BCUT2D eigenvalue weighted by Crippen LogP contribution is 2.29. The van der Waals surface area contributed by atoms with Crippen LogP contribution in [0.15, 0.2) is 18.2 Å². The summed E-state index contributed by atoms with van der Waals surface area (Å²) >= 11 is 6.42. The molecule has 0 radical (unpaired) electrons. The highest BCUT2D eigenvalue weighted by atomic mass is 35.5. The largest absolute Gasteiger partial charge is 0.310 e. The zero-order valence-electron chi connectivity index (χ0n) is 12.8. The van der Waals surface area contributed by atoms with E-state index in [1.807, 2.05) is 0 Å². The van der Waals surface area contributed by atoms with Crippen molar-refractivity contribution in [1.82, 2.24) is 5.32 Å². The third-order valence-electron chi connectivity index (χ3n) is 3.59. The van der Waals surface area contributed by atoms with Gasteiger partial charge in [0.25, 0.3) is 0 Å². The van der Waals surface area contributed by atoms with Crippen LogP contribution < -0.4 is 5.32 Å². The van der Waals surface area contributed by atoms with E-state index < -0.39 is 0 Å². The van der Waals surface area contributed by atoms with Crippen molar-refractivity contribution in [3.63, 3.8) is 0 Å². The lowest BCUT2D eigenvalue weighted by atomic mass is 9.92. The SMILES string of the molecule is CCCNC(CC(C)CCC)c1ccc(C)cc1Cl. The predicted molar refractivity (Wildman–Crippen MR) is 85.9 cm³/mol. The van der Waals surface area contributed by atoms with E-state index >= 15 is 0 Å². The molecule has 1 N–H and O–H groups in total. The van der Waals surface area contributed by atoms with Crippen LogP contribution >= 0.6 is 11.6 Å². The van der Waals surface area contributed by atoms with Gasteiger partial charge in [0.1, 0.15) is 0 Å². The van der Waals surface area contributed by atoms with E-state index in [0.717, 1.165) is 30.3 Å². The molecule has 2 unspecified atom stereocenters. The summed E-state index contributed by atoms with van der Waals surface area (Å²) in [6.07, 6.45) is 4.86. The van der Waals surface area contributed by atoms with E-state index in [2.05, 4.69) is 51.2 Å². The smallest absolute Gasteiger partial charge is 0.0456 e. The summed E-state index contributed by atoms with van der Waals surface area (Å²) in [4.78, 5) is 0. The minimum atomic E-state index is 0.384. The Bertz CT molecular complexity index is 376. The highest BCUT2D eigenvalue weighted by Gasteiger charge is 2.17. The van der Waals surface area contributed by atoms with Crippen molar-refractivity contribution in [1.29, 1.82) is 0 Å². The molecule has 0 bridgehead atoms. The zero-order chi connectivity index (χ0) is 14.3. The fraction of sp³-hybridized carbons (Fsp3) is 0.647. The molecule has 1 rings (SSSR count). The number of rotatable bonds is 8. The lowest BCUT2D eigenvalue weighted by Crippen LogP contribution is -2.24. The minimum Gasteiger partial charge on any atom is -0.310 e. The van der Waals surface area contributed by atoms with Crippen LogP contribution in [0.4, 0.5) is 0 Å². The Hall–Kier alpha value is -0.530. The maximum atomic E-state index is 6.42. The van der Waals surface area contributed by atoms with Crippen LogP contribution in [0, 0.1) is 12.8 Å². The van der Waals surface area contributed by atoms with Gasteiger partial charge in [-0.25, -0.2) is 0 Å². The molecule has 0 saturated carbocycles. The molecule has 0 spiro atoms. The van der Waals surface area contributed by atoms with Crippen molar-refractivity contribution in [2.45, 2.75) is 59.4 Å².